The van der Waals surface area contributed by atoms with Gasteiger partial charge < -0.3 is 25.0 Å². The van der Waals surface area contributed by atoms with Crippen LogP contribution in [0, 0.1) is 5.82 Å². The molecule has 2 N–H and O–H groups in total. The Labute approximate surface area is 201 Å². The summed E-state index contributed by atoms with van der Waals surface area (Å²) >= 11 is 0. The highest BCUT2D eigenvalue weighted by molar-refractivity contribution is 14.0. The maximum absolute atomic E-state index is 13.3. The van der Waals surface area contributed by atoms with Crippen LogP contribution in [-0.4, -0.2) is 51.5 Å². The maximum Gasteiger partial charge on any atom is 0.191 e. The molecule has 0 saturated carbocycles. The first-order valence-electron chi connectivity index (χ1n) is 10.5. The van der Waals surface area contributed by atoms with Gasteiger partial charge in [0, 0.05) is 31.4 Å². The van der Waals surface area contributed by atoms with Crippen LogP contribution in [-0.2, 0) is 11.3 Å². The van der Waals surface area contributed by atoms with Crippen molar-refractivity contribution in [2.45, 2.75) is 26.5 Å². The first kappa shape index (κ1) is 25.2. The van der Waals surface area contributed by atoms with Crippen molar-refractivity contribution in [2.24, 2.45) is 4.99 Å². The van der Waals surface area contributed by atoms with E-state index in [9.17, 15) is 4.39 Å². The molecular formula is C23H32FIN4O2. The minimum absolute atomic E-state index is 0. The molecule has 1 aliphatic heterocycles. The number of anilines is 1. The van der Waals surface area contributed by atoms with Crippen LogP contribution in [0.15, 0.2) is 53.5 Å². The van der Waals surface area contributed by atoms with Crippen LogP contribution in [0.1, 0.15) is 19.4 Å². The first-order chi connectivity index (χ1) is 14.6. The molecule has 31 heavy (non-hydrogen) atoms. The van der Waals surface area contributed by atoms with E-state index in [0.717, 1.165) is 44.4 Å². The molecule has 1 atom stereocenters. The summed E-state index contributed by atoms with van der Waals surface area (Å²) in [5, 5.41) is 6.53. The molecule has 170 valence electrons. The Morgan fingerprint density at radius 1 is 1.16 bits per heavy atom. The van der Waals surface area contributed by atoms with Crippen molar-refractivity contribution >= 4 is 35.6 Å². The summed E-state index contributed by atoms with van der Waals surface area (Å²) in [6, 6.07) is 14.7. The summed E-state index contributed by atoms with van der Waals surface area (Å²) in [4.78, 5) is 7.00. The quantitative estimate of drug-likeness (QED) is 0.302. The number of hydrogen-bond acceptors (Lipinski definition) is 4. The summed E-state index contributed by atoms with van der Waals surface area (Å²) in [7, 11) is 0. The van der Waals surface area contributed by atoms with E-state index in [0.29, 0.717) is 18.8 Å². The van der Waals surface area contributed by atoms with Gasteiger partial charge in [0.1, 0.15) is 17.7 Å². The van der Waals surface area contributed by atoms with Crippen molar-refractivity contribution in [3.05, 3.63) is 59.9 Å². The number of halogens is 2. The van der Waals surface area contributed by atoms with Gasteiger partial charge in [0.15, 0.2) is 5.96 Å². The number of nitrogens with zero attached hydrogens (tertiary/aromatic N) is 2. The van der Waals surface area contributed by atoms with E-state index >= 15 is 0 Å². The number of rotatable bonds is 8. The van der Waals surface area contributed by atoms with Crippen LogP contribution in [0.2, 0.25) is 0 Å². The molecule has 2 aromatic carbocycles. The number of morpholine rings is 1. The normalized spacial score (nSPS) is 15.1. The van der Waals surface area contributed by atoms with Gasteiger partial charge in [-0.15, -0.1) is 24.0 Å². The van der Waals surface area contributed by atoms with Crippen molar-refractivity contribution in [1.29, 1.82) is 0 Å². The zero-order valence-electron chi connectivity index (χ0n) is 18.1. The molecule has 1 heterocycles. The number of guanidine groups is 1. The van der Waals surface area contributed by atoms with E-state index < -0.39 is 0 Å². The Morgan fingerprint density at radius 2 is 1.90 bits per heavy atom. The lowest BCUT2D eigenvalue weighted by Gasteiger charge is -2.28. The summed E-state index contributed by atoms with van der Waals surface area (Å²) in [6.45, 7) is 9.30. The Morgan fingerprint density at radius 3 is 2.58 bits per heavy atom. The molecule has 3 rings (SSSR count). The molecule has 0 aromatic heterocycles. The van der Waals surface area contributed by atoms with Crippen LogP contribution >= 0.6 is 24.0 Å². The average Bonchev–Trinajstić information content (AvgIpc) is 2.77. The largest absolute Gasteiger partial charge is 0.489 e. The number of benzene rings is 2. The second kappa shape index (κ2) is 13.4. The molecule has 0 bridgehead atoms. The number of ether oxygens (including phenoxy) is 2. The van der Waals surface area contributed by atoms with E-state index in [4.69, 9.17) is 9.47 Å². The Bertz CT molecular complexity index is 813. The fourth-order valence-corrected chi connectivity index (χ4v) is 3.20. The van der Waals surface area contributed by atoms with Crippen LogP contribution in [0.3, 0.4) is 0 Å². The Kier molecular flexibility index (Phi) is 10.9. The van der Waals surface area contributed by atoms with E-state index in [2.05, 4.69) is 44.8 Å². The lowest BCUT2D eigenvalue weighted by molar-refractivity contribution is 0.122. The highest BCUT2D eigenvalue weighted by Crippen LogP contribution is 2.17. The second-order valence-electron chi connectivity index (χ2n) is 7.23. The number of nitrogens with one attached hydrogen (secondary N) is 2. The monoisotopic (exact) mass is 542 g/mol. The van der Waals surface area contributed by atoms with E-state index in [1.807, 2.05) is 13.8 Å². The van der Waals surface area contributed by atoms with Crippen molar-refractivity contribution in [2.75, 3.05) is 44.3 Å². The zero-order valence-corrected chi connectivity index (χ0v) is 20.5. The van der Waals surface area contributed by atoms with Gasteiger partial charge in [0.2, 0.25) is 0 Å². The SMILES string of the molecule is CCNC(=NCc1ccc(N2CCOCC2)cc1)NCC(C)Oc1cccc(F)c1.I. The van der Waals surface area contributed by atoms with Crippen LogP contribution < -0.4 is 20.3 Å². The average molecular weight is 542 g/mol. The summed E-state index contributed by atoms with van der Waals surface area (Å²) < 4.78 is 24.5. The molecule has 1 fully saturated rings. The molecule has 1 unspecified atom stereocenters. The highest BCUT2D eigenvalue weighted by atomic mass is 127. The van der Waals surface area contributed by atoms with Gasteiger partial charge >= 0.3 is 0 Å². The van der Waals surface area contributed by atoms with E-state index in [-0.39, 0.29) is 35.9 Å². The van der Waals surface area contributed by atoms with Crippen LogP contribution in [0.4, 0.5) is 10.1 Å². The molecule has 8 heteroatoms. The summed E-state index contributed by atoms with van der Waals surface area (Å²) in [5.74, 6) is 0.943. The maximum atomic E-state index is 13.3. The highest BCUT2D eigenvalue weighted by Gasteiger charge is 2.11. The summed E-state index contributed by atoms with van der Waals surface area (Å²) in [6.07, 6.45) is -0.136. The number of aliphatic imine (C=N–C) groups is 1. The Hall–Kier alpha value is -2.07. The second-order valence-corrected chi connectivity index (χ2v) is 7.23. The minimum Gasteiger partial charge on any atom is -0.489 e. The van der Waals surface area contributed by atoms with Gasteiger partial charge in [-0.25, -0.2) is 9.38 Å². The van der Waals surface area contributed by atoms with Crippen LogP contribution in [0.5, 0.6) is 5.75 Å². The van der Waals surface area contributed by atoms with Gasteiger partial charge in [-0.2, -0.15) is 0 Å². The topological polar surface area (TPSA) is 58.1 Å². The van der Waals surface area contributed by atoms with Gasteiger partial charge in [0.25, 0.3) is 0 Å². The fourth-order valence-electron chi connectivity index (χ4n) is 3.20. The molecule has 0 spiro atoms. The molecule has 1 aliphatic rings. The minimum atomic E-state index is -0.304. The van der Waals surface area contributed by atoms with E-state index in [1.165, 1.54) is 17.8 Å². The molecule has 0 radical (unpaired) electrons. The number of hydrogen-bond donors (Lipinski definition) is 2. The molecular weight excluding hydrogens is 510 g/mol. The third-order valence-corrected chi connectivity index (χ3v) is 4.77. The van der Waals surface area contributed by atoms with Crippen LogP contribution in [0.25, 0.3) is 0 Å². The van der Waals surface area contributed by atoms with Gasteiger partial charge in [-0.05, 0) is 43.7 Å². The van der Waals surface area contributed by atoms with Crippen molar-refractivity contribution < 1.29 is 13.9 Å². The smallest absolute Gasteiger partial charge is 0.191 e. The molecule has 2 aromatic rings. The molecule has 0 amide bonds. The van der Waals surface area contributed by atoms with Gasteiger partial charge in [-0.3, -0.25) is 0 Å². The predicted molar refractivity (Wildman–Crippen MR) is 134 cm³/mol. The first-order valence-corrected chi connectivity index (χ1v) is 10.5. The summed E-state index contributed by atoms with van der Waals surface area (Å²) in [5.41, 5.74) is 2.37. The lowest BCUT2D eigenvalue weighted by Crippen LogP contribution is -2.41. The third-order valence-electron chi connectivity index (χ3n) is 4.77. The predicted octanol–water partition coefficient (Wildman–Crippen LogP) is 3.80. The molecule has 1 saturated heterocycles. The van der Waals surface area contributed by atoms with Crippen molar-refractivity contribution in [3.8, 4) is 5.75 Å². The van der Waals surface area contributed by atoms with Gasteiger partial charge in [-0.1, -0.05) is 18.2 Å². The molecule has 6 nitrogen and oxygen atoms in total. The standard InChI is InChI=1S/C23H31FN4O2.HI/c1-3-25-23(26-16-18(2)30-22-6-4-5-20(24)15-22)27-17-19-7-9-21(10-8-19)28-11-13-29-14-12-28;/h4-10,15,18H,3,11-14,16-17H2,1-2H3,(H2,25,26,27);1H. The molecule has 0 aliphatic carbocycles. The fraction of sp³-hybridized carbons (Fsp3) is 0.435. The lowest BCUT2D eigenvalue weighted by atomic mass is 10.2. The van der Waals surface area contributed by atoms with Crippen molar-refractivity contribution in [3.63, 3.8) is 0 Å². The van der Waals surface area contributed by atoms with Gasteiger partial charge in [0.05, 0.1) is 26.3 Å². The zero-order chi connectivity index (χ0) is 21.2. The van der Waals surface area contributed by atoms with E-state index in [1.54, 1.807) is 12.1 Å². The van der Waals surface area contributed by atoms with Crippen molar-refractivity contribution in [1.82, 2.24) is 10.6 Å². The third kappa shape index (κ3) is 8.53. The Balaban J connectivity index is 0.00000341.